The van der Waals surface area contributed by atoms with E-state index >= 15 is 0 Å². The van der Waals surface area contributed by atoms with Gasteiger partial charge >= 0.3 is 13.8 Å². The molecule has 0 fully saturated rings. The summed E-state index contributed by atoms with van der Waals surface area (Å²) >= 11 is 0. The number of hydrogen-bond donors (Lipinski definition) is 2. The van der Waals surface area contributed by atoms with E-state index in [4.69, 9.17) is 9.79 Å². The predicted molar refractivity (Wildman–Crippen MR) is 171 cm³/mol. The third-order valence-corrected chi connectivity index (χ3v) is 8.43. The Bertz CT molecular complexity index is 615. The second kappa shape index (κ2) is 29.8. The second-order valence-electron chi connectivity index (χ2n) is 12.0. The molecule has 0 aromatic carbocycles. The quantitative estimate of drug-likeness (QED) is 0.0479. The lowest BCUT2D eigenvalue weighted by Gasteiger charge is -2.16. The van der Waals surface area contributed by atoms with Gasteiger partial charge in [-0.25, -0.2) is 4.57 Å². The zero-order valence-corrected chi connectivity index (χ0v) is 27.5. The lowest BCUT2D eigenvalue weighted by molar-refractivity contribution is -0.140. The highest BCUT2D eigenvalue weighted by Gasteiger charge is 2.27. The van der Waals surface area contributed by atoms with Crippen molar-refractivity contribution < 1.29 is 23.7 Å². The molecule has 0 saturated carbocycles. The molecule has 0 heterocycles. The molecule has 0 saturated heterocycles. The fourth-order valence-corrected chi connectivity index (χ4v) is 5.83. The van der Waals surface area contributed by atoms with Gasteiger partial charge in [0.15, 0.2) is 0 Å². The van der Waals surface area contributed by atoms with Crippen molar-refractivity contribution in [2.24, 2.45) is 5.92 Å². The molecule has 1 unspecified atom stereocenters. The number of hydrogen-bond acceptors (Lipinski definition) is 3. The first-order valence-electron chi connectivity index (χ1n) is 17.3. The van der Waals surface area contributed by atoms with Gasteiger partial charge in [-0.15, -0.1) is 0 Å². The highest BCUT2D eigenvalue weighted by molar-refractivity contribution is 7.46. The highest BCUT2D eigenvalue weighted by atomic mass is 31.2. The van der Waals surface area contributed by atoms with E-state index in [0.29, 0.717) is 12.8 Å². The Balaban J connectivity index is 3.90. The summed E-state index contributed by atoms with van der Waals surface area (Å²) < 4.78 is 15.7. The molecule has 0 aliphatic carbocycles. The first-order valence-corrected chi connectivity index (χ1v) is 18.9. The van der Waals surface area contributed by atoms with Gasteiger partial charge in [0.25, 0.3) is 0 Å². The number of carbonyl (C=O) groups is 1. The van der Waals surface area contributed by atoms with Crippen molar-refractivity contribution in [1.29, 1.82) is 0 Å². The van der Waals surface area contributed by atoms with E-state index in [9.17, 15) is 9.36 Å². The molecule has 6 heteroatoms. The Kier molecular flexibility index (Phi) is 29.4. The van der Waals surface area contributed by atoms with Crippen molar-refractivity contribution in [1.82, 2.24) is 0 Å². The summed E-state index contributed by atoms with van der Waals surface area (Å²) in [7, 11) is -4.78. The molecular weight excluding hydrogens is 519 g/mol. The van der Waals surface area contributed by atoms with E-state index < -0.39 is 19.7 Å². The normalized spacial score (nSPS) is 12.8. The first kappa shape index (κ1) is 39.4. The summed E-state index contributed by atoms with van der Waals surface area (Å²) in [6.45, 7) is 4.52. The number of phosphoric acid groups is 1. The van der Waals surface area contributed by atoms with Crippen molar-refractivity contribution in [2.75, 3.05) is 0 Å². The van der Waals surface area contributed by atoms with Gasteiger partial charge in [0.05, 0.1) is 5.92 Å². The monoisotopic (exact) mass is 586 g/mol. The van der Waals surface area contributed by atoms with Crippen LogP contribution in [0.3, 0.4) is 0 Å². The molecule has 1 atom stereocenters. The average molecular weight is 587 g/mol. The van der Waals surface area contributed by atoms with Crippen LogP contribution in [-0.4, -0.2) is 15.8 Å². The molecule has 0 amide bonds. The van der Waals surface area contributed by atoms with Crippen LogP contribution in [0.5, 0.6) is 0 Å². The Morgan fingerprint density at radius 1 is 0.550 bits per heavy atom. The lowest BCUT2D eigenvalue weighted by Crippen LogP contribution is -2.17. The molecule has 0 aromatic rings. The highest BCUT2D eigenvalue weighted by Crippen LogP contribution is 2.38. The third-order valence-electron chi connectivity index (χ3n) is 8.01. The minimum atomic E-state index is -4.78. The molecule has 2 N–H and O–H groups in total. The number of phosphoric ester groups is 1. The van der Waals surface area contributed by atoms with Gasteiger partial charge in [-0.3, -0.25) is 14.6 Å². The van der Waals surface area contributed by atoms with Crippen LogP contribution in [0.4, 0.5) is 0 Å². The van der Waals surface area contributed by atoms with Gasteiger partial charge in [-0.1, -0.05) is 167 Å². The Labute approximate surface area is 249 Å². The first-order chi connectivity index (χ1) is 19.4. The summed E-state index contributed by atoms with van der Waals surface area (Å²) in [4.78, 5) is 30.5. The molecule has 40 heavy (non-hydrogen) atoms. The van der Waals surface area contributed by atoms with Gasteiger partial charge in [-0.05, 0) is 38.5 Å². The Hall–Kier alpha value is -0.640. The average Bonchev–Trinajstić information content (AvgIpc) is 2.91. The number of allylic oxidation sites excluding steroid dienone is 2. The van der Waals surface area contributed by atoms with Crippen LogP contribution >= 0.6 is 7.82 Å². The van der Waals surface area contributed by atoms with Gasteiger partial charge in [-0.2, -0.15) is 0 Å². The third kappa shape index (κ3) is 30.3. The summed E-state index contributed by atoms with van der Waals surface area (Å²) in [6, 6.07) is 0. The van der Waals surface area contributed by atoms with Gasteiger partial charge in [0.2, 0.25) is 0 Å². The van der Waals surface area contributed by atoms with Gasteiger partial charge < -0.3 is 4.52 Å². The molecule has 0 aliphatic heterocycles. The van der Waals surface area contributed by atoms with E-state index in [1.807, 2.05) is 0 Å². The van der Waals surface area contributed by atoms with Crippen LogP contribution in [0.1, 0.15) is 194 Å². The van der Waals surface area contributed by atoms with Crippen molar-refractivity contribution in [3.63, 3.8) is 0 Å². The van der Waals surface area contributed by atoms with Crippen LogP contribution in [0.15, 0.2) is 12.2 Å². The van der Waals surface area contributed by atoms with Crippen molar-refractivity contribution >= 4 is 13.8 Å². The summed E-state index contributed by atoms with van der Waals surface area (Å²) in [5, 5.41) is 0. The minimum Gasteiger partial charge on any atom is -0.370 e. The van der Waals surface area contributed by atoms with Gasteiger partial charge in [0, 0.05) is 0 Å². The van der Waals surface area contributed by atoms with Crippen LogP contribution in [0, 0.1) is 5.92 Å². The molecule has 238 valence electrons. The molecule has 0 aromatic heterocycles. The van der Waals surface area contributed by atoms with E-state index in [-0.39, 0.29) is 0 Å². The SMILES string of the molecule is CCCCCCCCC=CCCCCCCC(CCCCCCCCCCCCCCCC)C(=O)OP(=O)(O)O. The molecule has 5 nitrogen and oxygen atoms in total. The fourth-order valence-electron chi connectivity index (χ4n) is 5.44. The summed E-state index contributed by atoms with van der Waals surface area (Å²) in [5.74, 6) is -1.12. The van der Waals surface area contributed by atoms with Gasteiger partial charge in [0.1, 0.15) is 0 Å². The standard InChI is InChI=1S/C34H67O5P/c1-3-5-7-9-11-13-15-17-19-21-23-25-27-29-31-33(34(35)39-40(36,37)38)32-30-28-26-24-22-20-18-16-14-12-10-8-6-4-2/h17,19,33H,3-16,18,20-32H2,1-2H3,(H2,36,37,38). The predicted octanol–water partition coefficient (Wildman–Crippen LogP) is 11.8. The van der Waals surface area contributed by atoms with E-state index in [1.165, 1.54) is 122 Å². The van der Waals surface area contributed by atoms with Crippen molar-refractivity contribution in [3.05, 3.63) is 12.2 Å². The van der Waals surface area contributed by atoms with E-state index in [0.717, 1.165) is 44.9 Å². The maximum Gasteiger partial charge on any atom is 0.526 e. The molecule has 0 rings (SSSR count). The Morgan fingerprint density at radius 2 is 0.850 bits per heavy atom. The smallest absolute Gasteiger partial charge is 0.370 e. The second-order valence-corrected chi connectivity index (χ2v) is 13.2. The topological polar surface area (TPSA) is 83.8 Å². The number of unbranched alkanes of at least 4 members (excludes halogenated alkanes) is 23. The summed E-state index contributed by atoms with van der Waals surface area (Å²) in [5.41, 5.74) is 0. The lowest BCUT2D eigenvalue weighted by atomic mass is 9.94. The zero-order chi connectivity index (χ0) is 29.6. The van der Waals surface area contributed by atoms with E-state index in [1.54, 1.807) is 0 Å². The number of carbonyl (C=O) groups excluding carboxylic acids is 1. The maximum absolute atomic E-state index is 12.4. The zero-order valence-electron chi connectivity index (χ0n) is 26.6. The molecule has 0 bridgehead atoms. The minimum absolute atomic E-state index is 0.401. The van der Waals surface area contributed by atoms with Crippen LogP contribution in [0.25, 0.3) is 0 Å². The molecule has 0 spiro atoms. The largest absolute Gasteiger partial charge is 0.526 e. The molecule has 0 radical (unpaired) electrons. The molecular formula is C34H67O5P. The van der Waals surface area contributed by atoms with Crippen LogP contribution in [-0.2, 0) is 13.9 Å². The summed E-state index contributed by atoms with van der Waals surface area (Å²) in [6.07, 6.45) is 38.5. The Morgan fingerprint density at radius 3 is 1.18 bits per heavy atom. The van der Waals surface area contributed by atoms with Crippen LogP contribution < -0.4 is 0 Å². The number of rotatable bonds is 31. The molecule has 0 aliphatic rings. The fraction of sp³-hybridized carbons (Fsp3) is 0.912. The van der Waals surface area contributed by atoms with E-state index in [2.05, 4.69) is 30.5 Å². The van der Waals surface area contributed by atoms with Crippen molar-refractivity contribution in [3.8, 4) is 0 Å². The maximum atomic E-state index is 12.4. The van der Waals surface area contributed by atoms with Crippen molar-refractivity contribution in [2.45, 2.75) is 194 Å². The van der Waals surface area contributed by atoms with Crippen LogP contribution in [0.2, 0.25) is 0 Å².